The molecule has 59 heavy (non-hydrogen) atoms. The average Bonchev–Trinajstić information content (AvgIpc) is 3.65. The molecule has 2 heterocycles. The van der Waals surface area contributed by atoms with Gasteiger partial charge in [0.2, 0.25) is 0 Å². The first-order valence-electron chi connectivity index (χ1n) is 24.9. The topological polar surface area (TPSA) is 50.9 Å². The Morgan fingerprint density at radius 2 is 1.37 bits per heavy atom. The van der Waals surface area contributed by atoms with Crippen LogP contribution in [0, 0.1) is 13.8 Å². The second kappa shape index (κ2) is 15.2. The van der Waals surface area contributed by atoms with Gasteiger partial charge in [0, 0.05) is 36.6 Å². The van der Waals surface area contributed by atoms with Crippen LogP contribution in [0.1, 0.15) is 103 Å². The van der Waals surface area contributed by atoms with Crippen LogP contribution >= 0.6 is 0 Å². The van der Waals surface area contributed by atoms with Crippen LogP contribution < -0.4 is 0 Å². The minimum absolute atomic E-state index is 0.00355. The summed E-state index contributed by atoms with van der Waals surface area (Å²) in [6.07, 6.45) is 1.80. The number of hydrogen-bond donors (Lipinski definition) is 1. The summed E-state index contributed by atoms with van der Waals surface area (Å²) >= 11 is 0. The third-order valence-corrected chi connectivity index (χ3v) is 11.1. The normalized spacial score (nSPS) is 15.4. The molecule has 296 valence electrons. The van der Waals surface area contributed by atoms with Gasteiger partial charge < -0.3 is 5.11 Å². The van der Waals surface area contributed by atoms with E-state index in [9.17, 15) is 5.11 Å². The highest BCUT2D eigenvalue weighted by Crippen LogP contribution is 2.43. The lowest BCUT2D eigenvalue weighted by Gasteiger charge is -2.23. The molecule has 8 rings (SSSR count). The standard InChI is InChI=1S/C55H55N3O/c1-34(2)37-19-21-38(22-20-37)40-25-26-56-48(32-40)42-29-41(30-44(31-42)55(8,9)10)45-17-14-18-50-51(45)57-53(47-28-35(3)27-36(4)52(47)59)58(50)49-24-23-43(54(5,6)7)33-46(49)39-15-12-11-13-16-39/h11-34,59H,1-10H3/i5D3,6D3,7D3,34D. The number of rotatable bonds is 7. The molecule has 0 saturated carbocycles. The van der Waals surface area contributed by atoms with Crippen LogP contribution in [-0.4, -0.2) is 19.6 Å². The SMILES string of the molecule is [2H]C(C)(C)c1ccc(-c2ccnc(-c3cc(-c4cccc5c4nc(-c4cc(C)cc(C)c4O)n5-c4ccc(C(C([2H])([2H])[2H])(C([2H])([2H])[2H])C([2H])([2H])[2H])cc4-c4ccccc4)cc(C(C)(C)C)c3)c2)cc1. The first-order valence-corrected chi connectivity index (χ1v) is 19.9. The van der Waals surface area contributed by atoms with E-state index in [1.54, 1.807) is 36.5 Å². The molecule has 0 aliphatic rings. The summed E-state index contributed by atoms with van der Waals surface area (Å²) in [4.78, 5) is 10.2. The van der Waals surface area contributed by atoms with E-state index < -0.39 is 31.9 Å². The summed E-state index contributed by atoms with van der Waals surface area (Å²) in [6, 6.07) is 41.2. The molecule has 4 nitrogen and oxygen atoms in total. The number of phenolic OH excluding ortho intramolecular Hbond substituents is 1. The third kappa shape index (κ3) is 7.72. The van der Waals surface area contributed by atoms with Gasteiger partial charge in [-0.15, -0.1) is 0 Å². The van der Waals surface area contributed by atoms with Crippen molar-refractivity contribution in [3.05, 3.63) is 167 Å². The van der Waals surface area contributed by atoms with E-state index in [4.69, 9.17) is 23.7 Å². The van der Waals surface area contributed by atoms with E-state index in [1.165, 1.54) is 12.1 Å². The first-order chi connectivity index (χ1) is 32.1. The number of pyridine rings is 1. The van der Waals surface area contributed by atoms with Gasteiger partial charge in [0.25, 0.3) is 0 Å². The second-order valence-corrected chi connectivity index (χ2v) is 16.8. The van der Waals surface area contributed by atoms with Crippen LogP contribution in [0.2, 0.25) is 0 Å². The zero-order valence-electron chi connectivity index (χ0n) is 44.6. The number of imidazole rings is 1. The highest BCUT2D eigenvalue weighted by atomic mass is 16.3. The predicted molar refractivity (Wildman–Crippen MR) is 249 cm³/mol. The Bertz CT molecular complexity index is 3190. The largest absolute Gasteiger partial charge is 0.507 e. The first kappa shape index (κ1) is 29.0. The highest BCUT2D eigenvalue weighted by molar-refractivity contribution is 5.98. The van der Waals surface area contributed by atoms with Crippen molar-refractivity contribution in [2.75, 3.05) is 0 Å². The molecule has 0 radical (unpaired) electrons. The summed E-state index contributed by atoms with van der Waals surface area (Å²) < 4.78 is 87.2. The Morgan fingerprint density at radius 1 is 0.627 bits per heavy atom. The summed E-state index contributed by atoms with van der Waals surface area (Å²) in [5.41, 5.74) is 7.76. The van der Waals surface area contributed by atoms with Crippen LogP contribution in [0.25, 0.3) is 72.7 Å². The molecule has 0 atom stereocenters. The third-order valence-electron chi connectivity index (χ3n) is 11.1. The molecule has 8 aromatic rings. The fourth-order valence-electron chi connectivity index (χ4n) is 7.83. The zero-order chi connectivity index (χ0) is 50.2. The van der Waals surface area contributed by atoms with Crippen molar-refractivity contribution in [1.82, 2.24) is 14.5 Å². The van der Waals surface area contributed by atoms with E-state index in [0.717, 1.165) is 50.2 Å². The molecular formula is C55H55N3O. The number of phenols is 1. The van der Waals surface area contributed by atoms with Gasteiger partial charge in [-0.2, -0.15) is 0 Å². The molecule has 0 fully saturated rings. The molecule has 0 unspecified atom stereocenters. The Kier molecular flexibility index (Phi) is 7.46. The van der Waals surface area contributed by atoms with Crippen LogP contribution in [-0.2, 0) is 10.8 Å². The van der Waals surface area contributed by atoms with Crippen molar-refractivity contribution in [3.8, 4) is 67.5 Å². The van der Waals surface area contributed by atoms with Crippen LogP contribution in [0.4, 0.5) is 0 Å². The Labute approximate surface area is 364 Å². The number of fused-ring (bicyclic) bond motifs is 1. The van der Waals surface area contributed by atoms with Gasteiger partial charge >= 0.3 is 0 Å². The van der Waals surface area contributed by atoms with Crippen molar-refractivity contribution >= 4 is 11.0 Å². The van der Waals surface area contributed by atoms with E-state index in [1.807, 2.05) is 99.0 Å². The average molecular weight is 784 g/mol. The summed E-state index contributed by atoms with van der Waals surface area (Å²) in [6.45, 7) is 3.49. The van der Waals surface area contributed by atoms with E-state index in [-0.39, 0.29) is 16.7 Å². The maximum absolute atomic E-state index is 11.9. The van der Waals surface area contributed by atoms with Gasteiger partial charge in [-0.25, -0.2) is 4.98 Å². The molecule has 0 aliphatic heterocycles. The fraction of sp³-hybridized carbons (Fsp3) is 0.236. The van der Waals surface area contributed by atoms with Gasteiger partial charge in [-0.05, 0) is 129 Å². The second-order valence-electron chi connectivity index (χ2n) is 16.8. The number of aromatic hydroxyl groups is 1. The molecule has 0 amide bonds. The molecule has 2 aromatic heterocycles. The van der Waals surface area contributed by atoms with Crippen LogP contribution in [0.3, 0.4) is 0 Å². The molecule has 0 saturated heterocycles. The number of aromatic nitrogens is 3. The molecule has 0 aliphatic carbocycles. The van der Waals surface area contributed by atoms with Crippen LogP contribution in [0.5, 0.6) is 5.75 Å². The molecule has 4 heteroatoms. The van der Waals surface area contributed by atoms with Crippen LogP contribution in [0.15, 0.2) is 140 Å². The molecule has 0 bridgehead atoms. The van der Waals surface area contributed by atoms with E-state index in [0.29, 0.717) is 44.8 Å². The lowest BCUT2D eigenvalue weighted by Crippen LogP contribution is -2.12. The lowest BCUT2D eigenvalue weighted by molar-refractivity contribution is 0.472. The Morgan fingerprint density at radius 3 is 2.08 bits per heavy atom. The van der Waals surface area contributed by atoms with Crippen molar-refractivity contribution in [2.45, 2.75) is 85.7 Å². The zero-order valence-corrected chi connectivity index (χ0v) is 34.6. The van der Waals surface area contributed by atoms with Crippen molar-refractivity contribution < 1.29 is 18.8 Å². The fourth-order valence-corrected chi connectivity index (χ4v) is 7.83. The van der Waals surface area contributed by atoms with E-state index >= 15 is 0 Å². The molecule has 6 aromatic carbocycles. The van der Waals surface area contributed by atoms with Crippen molar-refractivity contribution in [2.24, 2.45) is 0 Å². The van der Waals surface area contributed by atoms with E-state index in [2.05, 4.69) is 45.0 Å². The van der Waals surface area contributed by atoms with Gasteiger partial charge in [0.05, 0.1) is 28.0 Å². The molecule has 0 spiro atoms. The monoisotopic (exact) mass is 783 g/mol. The quantitative estimate of drug-likeness (QED) is 0.175. The van der Waals surface area contributed by atoms with Gasteiger partial charge in [0.15, 0.2) is 0 Å². The van der Waals surface area contributed by atoms with Crippen molar-refractivity contribution in [3.63, 3.8) is 0 Å². The number of nitrogens with zero attached hydrogens (tertiary/aromatic N) is 3. The summed E-state index contributed by atoms with van der Waals surface area (Å²) in [7, 11) is 0. The lowest BCUT2D eigenvalue weighted by atomic mass is 9.83. The minimum atomic E-state index is -3.48. The molecule has 1 N–H and O–H groups in total. The maximum Gasteiger partial charge on any atom is 0.149 e. The highest BCUT2D eigenvalue weighted by Gasteiger charge is 2.25. The summed E-state index contributed by atoms with van der Waals surface area (Å²) in [5.74, 6) is -0.373. The number of para-hydroxylation sites is 1. The maximum atomic E-state index is 11.9. The van der Waals surface area contributed by atoms with Gasteiger partial charge in [0.1, 0.15) is 11.6 Å². The predicted octanol–water partition coefficient (Wildman–Crippen LogP) is 14.8. The Balaban J connectivity index is 1.42. The number of aryl methyl sites for hydroxylation is 2. The number of benzene rings is 6. The Hall–Kier alpha value is -6.26. The summed E-state index contributed by atoms with van der Waals surface area (Å²) in [5, 5.41) is 11.9. The van der Waals surface area contributed by atoms with Gasteiger partial charge in [-0.1, -0.05) is 140 Å². The minimum Gasteiger partial charge on any atom is -0.507 e. The van der Waals surface area contributed by atoms with Gasteiger partial charge in [-0.3, -0.25) is 9.55 Å². The molecular weight excluding hydrogens is 719 g/mol. The smallest absolute Gasteiger partial charge is 0.149 e. The number of hydrogen-bond acceptors (Lipinski definition) is 3. The van der Waals surface area contributed by atoms with Crippen molar-refractivity contribution in [1.29, 1.82) is 0 Å².